The van der Waals surface area contributed by atoms with Gasteiger partial charge >= 0.3 is 0 Å². The lowest BCUT2D eigenvalue weighted by molar-refractivity contribution is -0.120. The van der Waals surface area contributed by atoms with E-state index >= 15 is 0 Å². The second-order valence-corrected chi connectivity index (χ2v) is 6.30. The molecule has 5 nitrogen and oxygen atoms in total. The summed E-state index contributed by atoms with van der Waals surface area (Å²) in [6, 6.07) is -0.0751. The number of hydrogen-bond donors (Lipinski definition) is 1. The fraction of sp³-hybridized carbons (Fsp3) is 0.714. The molecule has 0 saturated carbocycles. The quantitative estimate of drug-likeness (QED) is 0.841. The molecule has 0 spiro atoms. The molecule has 104 valence electrons. The highest BCUT2D eigenvalue weighted by Gasteiger charge is 2.47. The zero-order valence-corrected chi connectivity index (χ0v) is 12.2. The van der Waals surface area contributed by atoms with Gasteiger partial charge in [-0.1, -0.05) is 20.8 Å². The Morgan fingerprint density at radius 1 is 1.47 bits per heavy atom. The van der Waals surface area contributed by atoms with Crippen LogP contribution < -0.4 is 10.2 Å². The van der Waals surface area contributed by atoms with Crippen molar-refractivity contribution in [2.45, 2.75) is 46.1 Å². The van der Waals surface area contributed by atoms with Gasteiger partial charge < -0.3 is 10.2 Å². The van der Waals surface area contributed by atoms with Crippen LogP contribution in [0.4, 0.5) is 11.5 Å². The smallest absolute Gasteiger partial charge is 0.247 e. The molecule has 1 fully saturated rings. The van der Waals surface area contributed by atoms with Crippen molar-refractivity contribution in [3.05, 3.63) is 5.69 Å². The Hall–Kier alpha value is -1.52. The Balaban J connectivity index is 2.13. The Bertz CT molecular complexity index is 532. The molecule has 5 heteroatoms. The van der Waals surface area contributed by atoms with E-state index in [9.17, 15) is 4.79 Å². The van der Waals surface area contributed by atoms with Crippen LogP contribution in [0, 0.1) is 5.41 Å². The van der Waals surface area contributed by atoms with Crippen LogP contribution in [0.15, 0.2) is 0 Å². The van der Waals surface area contributed by atoms with Crippen molar-refractivity contribution in [1.29, 1.82) is 0 Å². The molecule has 1 N–H and O–H groups in total. The number of carbonyl (C=O) groups is 1. The molecule has 1 atom stereocenters. The van der Waals surface area contributed by atoms with E-state index < -0.39 is 0 Å². The molecule has 0 radical (unpaired) electrons. The fourth-order valence-electron chi connectivity index (χ4n) is 3.58. The number of piperidine rings is 1. The van der Waals surface area contributed by atoms with Crippen molar-refractivity contribution in [2.24, 2.45) is 12.5 Å². The third-order valence-electron chi connectivity index (χ3n) is 4.46. The van der Waals surface area contributed by atoms with Gasteiger partial charge in [-0.25, -0.2) is 0 Å². The fourth-order valence-corrected chi connectivity index (χ4v) is 3.58. The van der Waals surface area contributed by atoms with Gasteiger partial charge in [-0.05, 0) is 24.7 Å². The first kappa shape index (κ1) is 12.5. The number of hydrogen-bond acceptors (Lipinski definition) is 3. The molecule has 1 amide bonds. The summed E-state index contributed by atoms with van der Waals surface area (Å²) < 4.78 is 1.92. The average Bonchev–Trinajstić information content (AvgIpc) is 2.64. The van der Waals surface area contributed by atoms with E-state index in [0.29, 0.717) is 0 Å². The van der Waals surface area contributed by atoms with Crippen LogP contribution in [0.25, 0.3) is 0 Å². The summed E-state index contributed by atoms with van der Waals surface area (Å²) in [5, 5.41) is 7.64. The third-order valence-corrected chi connectivity index (χ3v) is 4.46. The maximum Gasteiger partial charge on any atom is 0.247 e. The number of anilines is 2. The number of amides is 1. The van der Waals surface area contributed by atoms with E-state index in [2.05, 4.69) is 36.1 Å². The van der Waals surface area contributed by atoms with Gasteiger partial charge in [-0.3, -0.25) is 9.48 Å². The zero-order valence-electron chi connectivity index (χ0n) is 12.2. The second kappa shape index (κ2) is 3.99. The summed E-state index contributed by atoms with van der Waals surface area (Å²) in [4.78, 5) is 14.7. The number of nitrogens with one attached hydrogen (secondary N) is 1. The maximum absolute atomic E-state index is 12.5. The van der Waals surface area contributed by atoms with Gasteiger partial charge in [0.2, 0.25) is 5.91 Å². The van der Waals surface area contributed by atoms with Crippen LogP contribution in [0.2, 0.25) is 0 Å². The topological polar surface area (TPSA) is 50.2 Å². The molecule has 1 unspecified atom stereocenters. The van der Waals surface area contributed by atoms with Gasteiger partial charge in [-0.2, -0.15) is 5.10 Å². The Morgan fingerprint density at radius 2 is 2.21 bits per heavy atom. The molecule has 3 rings (SSSR count). The van der Waals surface area contributed by atoms with Crippen LogP contribution in [-0.2, 0) is 18.3 Å². The van der Waals surface area contributed by atoms with Gasteiger partial charge in [-0.15, -0.1) is 0 Å². The van der Waals surface area contributed by atoms with Crippen LogP contribution >= 0.6 is 0 Å². The van der Waals surface area contributed by atoms with Crippen molar-refractivity contribution in [3.8, 4) is 0 Å². The van der Waals surface area contributed by atoms with E-state index in [1.54, 1.807) is 0 Å². The molecule has 0 bridgehead atoms. The molecule has 3 heterocycles. The molecule has 0 aromatic carbocycles. The second-order valence-electron chi connectivity index (χ2n) is 6.30. The molecule has 1 aromatic heterocycles. The average molecular weight is 262 g/mol. The number of aromatic nitrogens is 2. The van der Waals surface area contributed by atoms with Crippen LogP contribution in [0.3, 0.4) is 0 Å². The highest BCUT2D eigenvalue weighted by atomic mass is 16.2. The first-order chi connectivity index (χ1) is 8.95. The lowest BCUT2D eigenvalue weighted by atomic mass is 9.75. The molecule has 1 saturated heterocycles. The SMILES string of the molecule is CCc1nn(C)c2c1NC(=O)C1N2CCCC1(C)C. The number of carbonyl (C=O) groups excluding carboxylic acids is 1. The van der Waals surface area contributed by atoms with Crippen LogP contribution in [0.5, 0.6) is 0 Å². The first-order valence-electron chi connectivity index (χ1n) is 7.09. The predicted octanol–water partition coefficient (Wildman–Crippen LogP) is 1.93. The number of nitrogens with zero attached hydrogens (tertiary/aromatic N) is 3. The van der Waals surface area contributed by atoms with E-state index in [1.165, 1.54) is 0 Å². The number of rotatable bonds is 1. The highest BCUT2D eigenvalue weighted by molar-refractivity contribution is 6.04. The molecule has 2 aliphatic rings. The van der Waals surface area contributed by atoms with E-state index in [-0.39, 0.29) is 17.4 Å². The molecule has 19 heavy (non-hydrogen) atoms. The minimum Gasteiger partial charge on any atom is -0.342 e. The summed E-state index contributed by atoms with van der Waals surface area (Å²) in [5.74, 6) is 1.20. The Kier molecular flexibility index (Phi) is 2.62. The van der Waals surface area contributed by atoms with E-state index in [4.69, 9.17) is 0 Å². The largest absolute Gasteiger partial charge is 0.342 e. The van der Waals surface area contributed by atoms with Crippen LogP contribution in [-0.4, -0.2) is 28.3 Å². The number of fused-ring (bicyclic) bond motifs is 3. The Labute approximate surface area is 114 Å². The summed E-state index contributed by atoms with van der Waals surface area (Å²) >= 11 is 0. The van der Waals surface area contributed by atoms with E-state index in [1.807, 2.05) is 11.7 Å². The normalized spacial score (nSPS) is 24.7. The van der Waals surface area contributed by atoms with Crippen molar-refractivity contribution in [1.82, 2.24) is 9.78 Å². The van der Waals surface area contributed by atoms with Gasteiger partial charge in [0.15, 0.2) is 5.82 Å². The third kappa shape index (κ3) is 1.67. The van der Waals surface area contributed by atoms with Gasteiger partial charge in [0.05, 0.1) is 5.69 Å². The molecule has 1 aromatic rings. The summed E-state index contributed by atoms with van der Waals surface area (Å²) in [5.41, 5.74) is 1.91. The minimum absolute atomic E-state index is 0.0106. The number of aryl methyl sites for hydroxylation is 2. The first-order valence-corrected chi connectivity index (χ1v) is 7.09. The summed E-state index contributed by atoms with van der Waals surface area (Å²) in [6.45, 7) is 7.38. The van der Waals surface area contributed by atoms with Gasteiger partial charge in [0.25, 0.3) is 0 Å². The Morgan fingerprint density at radius 3 is 2.89 bits per heavy atom. The van der Waals surface area contributed by atoms with Crippen LogP contribution in [0.1, 0.15) is 39.3 Å². The summed E-state index contributed by atoms with van der Waals surface area (Å²) in [7, 11) is 1.97. The predicted molar refractivity (Wildman–Crippen MR) is 75.4 cm³/mol. The lowest BCUT2D eigenvalue weighted by Crippen LogP contribution is -2.59. The molecule has 2 aliphatic heterocycles. The van der Waals surface area contributed by atoms with Gasteiger partial charge in [0.1, 0.15) is 11.7 Å². The van der Waals surface area contributed by atoms with Crippen molar-refractivity contribution in [3.63, 3.8) is 0 Å². The molecule has 0 aliphatic carbocycles. The maximum atomic E-state index is 12.5. The van der Waals surface area contributed by atoms with Crippen molar-refractivity contribution < 1.29 is 4.79 Å². The van der Waals surface area contributed by atoms with Crippen molar-refractivity contribution >= 4 is 17.4 Å². The van der Waals surface area contributed by atoms with Crippen molar-refractivity contribution in [2.75, 3.05) is 16.8 Å². The zero-order chi connectivity index (χ0) is 13.8. The lowest BCUT2D eigenvalue weighted by Gasteiger charge is -2.48. The minimum atomic E-state index is -0.0751. The van der Waals surface area contributed by atoms with E-state index in [0.717, 1.165) is 43.0 Å². The molecular formula is C14H22N4O. The highest BCUT2D eigenvalue weighted by Crippen LogP contribution is 2.44. The monoisotopic (exact) mass is 262 g/mol. The molecular weight excluding hydrogens is 240 g/mol. The van der Waals surface area contributed by atoms with Gasteiger partial charge in [0, 0.05) is 13.6 Å². The summed E-state index contributed by atoms with van der Waals surface area (Å²) in [6.07, 6.45) is 3.06. The standard InChI is InChI=1S/C14H22N4O/c1-5-9-10-13(17(4)16-9)18-8-6-7-14(2,3)11(18)12(19)15-10/h11H,5-8H2,1-4H3,(H,15,19).